The van der Waals surface area contributed by atoms with Crippen LogP contribution in [0.4, 0.5) is 34.1 Å². The highest BCUT2D eigenvalue weighted by Crippen LogP contribution is 2.65. The molecule has 0 radical (unpaired) electrons. The van der Waals surface area contributed by atoms with Crippen molar-refractivity contribution in [1.29, 1.82) is 0 Å². The van der Waals surface area contributed by atoms with Crippen LogP contribution >= 0.6 is 0 Å². The monoisotopic (exact) mass is 1390 g/mol. The van der Waals surface area contributed by atoms with Crippen LogP contribution in [0.2, 0.25) is 0 Å². The standard InChI is InChI=1S/C55H39N.C52H37N/c1-6-19-40(20-7-1)43-33-35-48(36-34-43)56(49-38-44(41-21-8-2-9-22-41)37-45(39-49)42-23-10-3-11-24-42)53-32-18-31-52-54(53)50-29-16-17-30-51(50)55(52,46-25-12-4-13-26-46)47-27-14-5-15-28-47;1-51(2)44-23-11-6-19-38(44)42-30-28-35(32-48(42)51)53(50-27-15-10-18-37(50)34-16-4-3-5-17-34)36-29-31-43-41-22-9-14-26-47(41)52(49(43)33-36)45-24-12-7-20-39(45)40-21-8-13-25-46(40)52/h1-39H;3-33H,1-2H3. The second kappa shape index (κ2) is 26.4. The van der Waals surface area contributed by atoms with Gasteiger partial charge in [-0.05, 0) is 200 Å². The Bertz CT molecular complexity index is 6140. The first-order chi connectivity index (χ1) is 53.8. The molecule has 514 valence electrons. The summed E-state index contributed by atoms with van der Waals surface area (Å²) in [6.45, 7) is 4.74. The van der Waals surface area contributed by atoms with Crippen LogP contribution in [0.25, 0.3) is 89.0 Å². The van der Waals surface area contributed by atoms with E-state index in [0.717, 1.165) is 34.1 Å². The lowest BCUT2D eigenvalue weighted by Crippen LogP contribution is -2.28. The van der Waals surface area contributed by atoms with Crippen LogP contribution in [-0.2, 0) is 16.2 Å². The van der Waals surface area contributed by atoms with E-state index < -0.39 is 10.8 Å². The van der Waals surface area contributed by atoms with Gasteiger partial charge in [0.05, 0.1) is 22.2 Å². The molecule has 1 spiro atoms. The van der Waals surface area contributed by atoms with Gasteiger partial charge in [-0.2, -0.15) is 0 Å². The summed E-state index contributed by atoms with van der Waals surface area (Å²) in [7, 11) is 0. The summed E-state index contributed by atoms with van der Waals surface area (Å²) in [6, 6.07) is 156. The summed E-state index contributed by atoms with van der Waals surface area (Å²) in [6.07, 6.45) is 0. The zero-order chi connectivity index (χ0) is 72.6. The van der Waals surface area contributed by atoms with Crippen molar-refractivity contribution in [3.05, 3.63) is 480 Å². The zero-order valence-electron chi connectivity index (χ0n) is 60.8. The van der Waals surface area contributed by atoms with Gasteiger partial charge >= 0.3 is 0 Å². The van der Waals surface area contributed by atoms with Gasteiger partial charge in [-0.15, -0.1) is 0 Å². The molecule has 21 rings (SSSR count). The van der Waals surface area contributed by atoms with Crippen LogP contribution in [0.15, 0.2) is 425 Å². The number of nitrogens with zero attached hydrogens (tertiary/aromatic N) is 2. The maximum absolute atomic E-state index is 2.51. The molecular formula is C107H76N2. The fraction of sp³-hybridized carbons (Fsp3) is 0.0467. The Labute approximate surface area is 639 Å². The number of hydrogen-bond donors (Lipinski definition) is 0. The first-order valence-corrected chi connectivity index (χ1v) is 38.0. The fourth-order valence-corrected chi connectivity index (χ4v) is 18.9. The summed E-state index contributed by atoms with van der Waals surface area (Å²) < 4.78 is 0. The molecule has 109 heavy (non-hydrogen) atoms. The molecule has 0 heterocycles. The molecule has 0 aliphatic heterocycles. The van der Waals surface area contributed by atoms with Crippen molar-refractivity contribution in [2.45, 2.75) is 30.1 Å². The van der Waals surface area contributed by atoms with E-state index in [1.165, 1.54) is 145 Å². The molecule has 0 saturated heterocycles. The van der Waals surface area contributed by atoms with E-state index in [2.05, 4.69) is 448 Å². The minimum atomic E-state index is -0.506. The van der Waals surface area contributed by atoms with E-state index >= 15 is 0 Å². The summed E-state index contributed by atoms with van der Waals surface area (Å²) in [5.74, 6) is 0. The highest BCUT2D eigenvalue weighted by molar-refractivity contribution is 6.01. The normalized spacial score (nSPS) is 13.4. The smallest absolute Gasteiger partial charge is 0.0726 e. The van der Waals surface area contributed by atoms with E-state index in [0.29, 0.717) is 0 Å². The van der Waals surface area contributed by atoms with Gasteiger partial charge in [-0.1, -0.05) is 372 Å². The van der Waals surface area contributed by atoms with Crippen LogP contribution in [0, 0.1) is 0 Å². The second-order valence-corrected chi connectivity index (χ2v) is 29.7. The van der Waals surface area contributed by atoms with Gasteiger partial charge in [-0.25, -0.2) is 0 Å². The molecule has 4 aliphatic carbocycles. The number of hydrogen-bond acceptors (Lipinski definition) is 2. The Hall–Kier alpha value is -13.7. The Morgan fingerprint density at radius 3 is 1.01 bits per heavy atom. The number of para-hydroxylation sites is 1. The quantitative estimate of drug-likeness (QED) is 0.120. The maximum atomic E-state index is 2.51. The van der Waals surface area contributed by atoms with Crippen molar-refractivity contribution in [3.63, 3.8) is 0 Å². The van der Waals surface area contributed by atoms with Crippen molar-refractivity contribution >= 4 is 34.1 Å². The molecule has 0 N–H and O–H groups in total. The third-order valence-corrected chi connectivity index (χ3v) is 23.6. The molecule has 17 aromatic carbocycles. The molecule has 0 unspecified atom stereocenters. The minimum Gasteiger partial charge on any atom is -0.310 e. The molecule has 0 aromatic heterocycles. The van der Waals surface area contributed by atoms with Gasteiger partial charge in [0.2, 0.25) is 0 Å². The Morgan fingerprint density at radius 2 is 0.505 bits per heavy atom. The van der Waals surface area contributed by atoms with Gasteiger partial charge in [0, 0.05) is 39.3 Å². The molecule has 2 heteroatoms. The van der Waals surface area contributed by atoms with Crippen molar-refractivity contribution in [2.75, 3.05) is 9.80 Å². The van der Waals surface area contributed by atoms with Crippen LogP contribution in [0.5, 0.6) is 0 Å². The highest BCUT2D eigenvalue weighted by Gasteiger charge is 2.52. The van der Waals surface area contributed by atoms with E-state index in [-0.39, 0.29) is 5.41 Å². The SMILES string of the molecule is CC1(C)c2ccccc2-c2ccc(N(c3ccc4c(c3)C3(c5ccccc5-c5ccccc53)c3ccccc3-4)c3ccccc3-c3ccccc3)cc21.c1ccc(-c2ccc(N(c3cc(-c4ccccc4)cc(-c4ccccc4)c3)c3cccc4c3-c3ccccc3C4(c3ccccc3)c3ccccc3)cc2)cc1. The van der Waals surface area contributed by atoms with Crippen LogP contribution in [-0.4, -0.2) is 0 Å². The molecule has 0 fully saturated rings. The van der Waals surface area contributed by atoms with E-state index in [1.54, 1.807) is 0 Å². The molecule has 0 atom stereocenters. The minimum absolute atomic E-state index is 0.118. The van der Waals surface area contributed by atoms with Crippen molar-refractivity contribution in [1.82, 2.24) is 0 Å². The van der Waals surface area contributed by atoms with Gasteiger partial charge in [0.1, 0.15) is 0 Å². The molecule has 2 nitrogen and oxygen atoms in total. The van der Waals surface area contributed by atoms with E-state index in [4.69, 9.17) is 0 Å². The summed E-state index contributed by atoms with van der Waals surface area (Å²) in [5.41, 5.74) is 38.9. The Morgan fingerprint density at radius 1 is 0.174 bits per heavy atom. The van der Waals surface area contributed by atoms with Crippen molar-refractivity contribution < 1.29 is 0 Å². The molecule has 17 aromatic rings. The van der Waals surface area contributed by atoms with Gasteiger partial charge in [-0.3, -0.25) is 0 Å². The third-order valence-electron chi connectivity index (χ3n) is 23.6. The summed E-state index contributed by atoms with van der Waals surface area (Å²) in [5, 5.41) is 0. The lowest BCUT2D eigenvalue weighted by Gasteiger charge is -2.34. The Balaban J connectivity index is 0.000000143. The molecule has 0 amide bonds. The molecular weight excluding hydrogens is 1310 g/mol. The number of benzene rings is 17. The van der Waals surface area contributed by atoms with Crippen LogP contribution < -0.4 is 9.80 Å². The van der Waals surface area contributed by atoms with Gasteiger partial charge < -0.3 is 9.80 Å². The largest absolute Gasteiger partial charge is 0.310 e. The molecule has 0 saturated carbocycles. The lowest BCUT2D eigenvalue weighted by atomic mass is 9.68. The number of anilines is 6. The first-order valence-electron chi connectivity index (χ1n) is 38.0. The average Bonchev–Trinajstić information content (AvgIpc) is 1.51. The maximum Gasteiger partial charge on any atom is 0.0726 e. The number of rotatable bonds is 12. The fourth-order valence-electron chi connectivity index (χ4n) is 18.9. The highest BCUT2D eigenvalue weighted by atomic mass is 15.2. The van der Waals surface area contributed by atoms with Gasteiger partial charge in [0.15, 0.2) is 0 Å². The molecule has 0 bridgehead atoms. The number of fused-ring (bicyclic) bond motifs is 16. The Kier molecular flexibility index (Phi) is 15.7. The predicted molar refractivity (Wildman–Crippen MR) is 455 cm³/mol. The lowest BCUT2D eigenvalue weighted by molar-refractivity contribution is 0.660. The molecule has 4 aliphatic rings. The van der Waals surface area contributed by atoms with E-state index in [9.17, 15) is 0 Å². The van der Waals surface area contributed by atoms with Crippen LogP contribution in [0.3, 0.4) is 0 Å². The van der Waals surface area contributed by atoms with Crippen LogP contribution in [0.1, 0.15) is 69.5 Å². The predicted octanol–water partition coefficient (Wildman–Crippen LogP) is 28.0. The third kappa shape index (κ3) is 10.4. The van der Waals surface area contributed by atoms with E-state index in [1.807, 2.05) is 0 Å². The zero-order valence-corrected chi connectivity index (χ0v) is 60.8. The van der Waals surface area contributed by atoms with Gasteiger partial charge in [0.25, 0.3) is 0 Å². The summed E-state index contributed by atoms with van der Waals surface area (Å²) in [4.78, 5) is 4.99. The second-order valence-electron chi connectivity index (χ2n) is 29.7. The topological polar surface area (TPSA) is 6.48 Å². The summed E-state index contributed by atoms with van der Waals surface area (Å²) >= 11 is 0. The van der Waals surface area contributed by atoms with Crippen molar-refractivity contribution in [3.8, 4) is 89.0 Å². The average molecular weight is 1390 g/mol. The first kappa shape index (κ1) is 64.9. The van der Waals surface area contributed by atoms with Crippen molar-refractivity contribution in [2.24, 2.45) is 0 Å².